The first-order chi connectivity index (χ1) is 17.0. The van der Waals surface area contributed by atoms with Crippen LogP contribution in [0.5, 0.6) is 11.5 Å². The summed E-state index contributed by atoms with van der Waals surface area (Å²) in [5, 5.41) is 2.91. The summed E-state index contributed by atoms with van der Waals surface area (Å²) in [6, 6.07) is 13.6. The third-order valence-corrected chi connectivity index (χ3v) is 8.25. The lowest BCUT2D eigenvalue weighted by molar-refractivity contribution is -0.146. The summed E-state index contributed by atoms with van der Waals surface area (Å²) in [5.74, 6) is 0.705. The van der Waals surface area contributed by atoms with Crippen LogP contribution in [0, 0.1) is 35.5 Å². The maximum Gasteiger partial charge on any atom is 0.248 e. The largest absolute Gasteiger partial charge is 0.497 e. The Labute approximate surface area is 204 Å². The van der Waals surface area contributed by atoms with Gasteiger partial charge in [0.25, 0.3) is 0 Å². The van der Waals surface area contributed by atoms with E-state index in [1.807, 2.05) is 30.3 Å². The lowest BCUT2D eigenvalue weighted by Crippen LogP contribution is -2.49. The summed E-state index contributed by atoms with van der Waals surface area (Å²) < 4.78 is 10.7. The van der Waals surface area contributed by atoms with Crippen LogP contribution in [-0.2, 0) is 20.8 Å². The number of rotatable bonds is 7. The van der Waals surface area contributed by atoms with Crippen molar-refractivity contribution in [2.75, 3.05) is 19.5 Å². The molecule has 2 aromatic rings. The molecule has 7 heteroatoms. The minimum absolute atomic E-state index is 0.107. The van der Waals surface area contributed by atoms with Gasteiger partial charge < -0.3 is 14.8 Å². The van der Waals surface area contributed by atoms with E-state index in [4.69, 9.17) is 9.47 Å². The quantitative estimate of drug-likeness (QED) is 0.494. The molecular weight excluding hydrogens is 444 g/mol. The van der Waals surface area contributed by atoms with Gasteiger partial charge in [0.15, 0.2) is 0 Å². The number of hydrogen-bond donors (Lipinski definition) is 1. The normalized spacial score (nSPS) is 30.5. The number of carbonyl (C=O) groups excluding carboxylic acids is 3. The maximum atomic E-state index is 13.8. The van der Waals surface area contributed by atoms with Gasteiger partial charge in [-0.05, 0) is 47.8 Å². The van der Waals surface area contributed by atoms with Gasteiger partial charge in [-0.2, -0.15) is 0 Å². The van der Waals surface area contributed by atoms with Crippen LogP contribution in [0.1, 0.15) is 12.0 Å². The fourth-order valence-electron chi connectivity index (χ4n) is 6.55. The Kier molecular flexibility index (Phi) is 5.16. The number of anilines is 1. The Bertz CT molecular complexity index is 1190. The van der Waals surface area contributed by atoms with E-state index in [-0.39, 0.29) is 41.9 Å². The third kappa shape index (κ3) is 3.44. The molecule has 0 unspecified atom stereocenters. The zero-order valence-electron chi connectivity index (χ0n) is 19.7. The predicted molar refractivity (Wildman–Crippen MR) is 129 cm³/mol. The summed E-state index contributed by atoms with van der Waals surface area (Å²) in [4.78, 5) is 42.5. The molecule has 1 aliphatic heterocycles. The van der Waals surface area contributed by atoms with Crippen molar-refractivity contribution in [3.05, 3.63) is 66.2 Å². The van der Waals surface area contributed by atoms with Gasteiger partial charge in [-0.15, -0.1) is 0 Å². The first-order valence-corrected chi connectivity index (χ1v) is 12.1. The zero-order chi connectivity index (χ0) is 24.3. The van der Waals surface area contributed by atoms with Crippen LogP contribution in [0.4, 0.5) is 5.69 Å². The van der Waals surface area contributed by atoms with Crippen LogP contribution in [-0.4, -0.2) is 42.9 Å². The van der Waals surface area contributed by atoms with Gasteiger partial charge in [-0.3, -0.25) is 19.3 Å². The second kappa shape index (κ2) is 8.26. The number of amides is 3. The highest BCUT2D eigenvalue weighted by Crippen LogP contribution is 2.65. The van der Waals surface area contributed by atoms with Gasteiger partial charge in [0.05, 0.1) is 31.7 Å². The number of nitrogens with zero attached hydrogens (tertiary/aromatic N) is 1. The van der Waals surface area contributed by atoms with Crippen LogP contribution in [0.3, 0.4) is 0 Å². The van der Waals surface area contributed by atoms with Gasteiger partial charge in [-0.1, -0.05) is 42.5 Å². The van der Waals surface area contributed by atoms with Crippen molar-refractivity contribution in [3.63, 3.8) is 0 Å². The minimum Gasteiger partial charge on any atom is -0.497 e. The molecule has 3 fully saturated rings. The number of hydrogen-bond acceptors (Lipinski definition) is 5. The van der Waals surface area contributed by atoms with Crippen molar-refractivity contribution in [1.29, 1.82) is 0 Å². The zero-order valence-corrected chi connectivity index (χ0v) is 19.7. The Morgan fingerprint density at radius 3 is 2.23 bits per heavy atom. The number of methoxy groups -OCH3 is 2. The highest BCUT2D eigenvalue weighted by Gasteiger charge is 2.67. The first kappa shape index (κ1) is 21.9. The van der Waals surface area contributed by atoms with E-state index in [2.05, 4.69) is 17.5 Å². The number of allylic oxidation sites excluding steroid dienone is 2. The Balaban J connectivity index is 1.34. The summed E-state index contributed by atoms with van der Waals surface area (Å²) in [6.45, 7) is 0. The highest BCUT2D eigenvalue weighted by atomic mass is 16.5. The van der Waals surface area contributed by atoms with Crippen LogP contribution < -0.4 is 14.8 Å². The van der Waals surface area contributed by atoms with Crippen LogP contribution in [0.15, 0.2) is 60.7 Å². The fraction of sp³-hybridized carbons (Fsp3) is 0.393. The molecule has 35 heavy (non-hydrogen) atoms. The van der Waals surface area contributed by atoms with Gasteiger partial charge in [0.1, 0.15) is 17.5 Å². The Hall–Kier alpha value is -3.61. The standard InChI is InChI=1S/C28H28N2O5/c1-34-16-8-11-23(35-2)21(13-16)29-26(31)22(12-15-6-4-3-5-7-15)30-27(32)24-17-9-10-18(20-14-19(17)20)25(24)28(30)33/h3-11,13,17-20,22,24-25H,12,14H2,1-2H3,(H,29,31)/t17-,18-,19-,20-,22+,24-,25+/m1/s1. The van der Waals surface area contributed by atoms with E-state index in [0.29, 0.717) is 29.0 Å². The molecule has 180 valence electrons. The molecule has 0 radical (unpaired) electrons. The van der Waals surface area contributed by atoms with Crippen molar-refractivity contribution >= 4 is 23.4 Å². The van der Waals surface area contributed by atoms with E-state index in [0.717, 1.165) is 12.0 Å². The van der Waals surface area contributed by atoms with Crippen LogP contribution >= 0.6 is 0 Å². The SMILES string of the molecule is COc1ccc(OC)c(NC(=O)[C@H](Cc2ccccc2)N2C(=O)[C@@H]3[C@@H]4C=C[C@H]([C@H]5C[C@H]45)[C@@H]3C2=O)c1. The van der Waals surface area contributed by atoms with Gasteiger partial charge >= 0.3 is 0 Å². The van der Waals surface area contributed by atoms with Crippen molar-refractivity contribution in [3.8, 4) is 11.5 Å². The minimum atomic E-state index is -0.963. The summed E-state index contributed by atoms with van der Waals surface area (Å²) in [5.41, 5.74) is 1.30. The molecule has 1 N–H and O–H groups in total. The van der Waals surface area contributed by atoms with Crippen LogP contribution in [0.25, 0.3) is 0 Å². The Morgan fingerprint density at radius 2 is 1.63 bits per heavy atom. The van der Waals surface area contributed by atoms with E-state index in [1.165, 1.54) is 12.0 Å². The molecule has 3 amide bonds. The first-order valence-electron chi connectivity index (χ1n) is 12.1. The monoisotopic (exact) mass is 472 g/mol. The molecule has 7 atom stereocenters. The number of ether oxygens (including phenoxy) is 2. The number of likely N-dealkylation sites (tertiary alicyclic amines) is 1. The Morgan fingerprint density at radius 1 is 0.971 bits per heavy atom. The van der Waals surface area contributed by atoms with Crippen molar-refractivity contribution < 1.29 is 23.9 Å². The second-order valence-corrected chi connectivity index (χ2v) is 9.96. The molecule has 2 aromatic carbocycles. The lowest BCUT2D eigenvalue weighted by atomic mass is 9.63. The third-order valence-electron chi connectivity index (χ3n) is 8.25. The van der Waals surface area contributed by atoms with Gasteiger partial charge in [0, 0.05) is 12.5 Å². The molecule has 5 aliphatic rings. The average Bonchev–Trinajstić information content (AvgIpc) is 3.66. The molecule has 4 aliphatic carbocycles. The summed E-state index contributed by atoms with van der Waals surface area (Å²) in [7, 11) is 3.06. The topological polar surface area (TPSA) is 84.9 Å². The van der Waals surface area contributed by atoms with E-state index < -0.39 is 11.9 Å². The van der Waals surface area contributed by atoms with Gasteiger partial charge in [0.2, 0.25) is 17.7 Å². The molecule has 0 aromatic heterocycles. The van der Waals surface area contributed by atoms with Crippen LogP contribution in [0.2, 0.25) is 0 Å². The summed E-state index contributed by atoms with van der Waals surface area (Å²) in [6.07, 6.45) is 5.62. The van der Waals surface area contributed by atoms with E-state index >= 15 is 0 Å². The van der Waals surface area contributed by atoms with E-state index in [9.17, 15) is 14.4 Å². The predicted octanol–water partition coefficient (Wildman–Crippen LogP) is 3.31. The molecule has 7 rings (SSSR count). The molecule has 1 heterocycles. The molecule has 7 nitrogen and oxygen atoms in total. The second-order valence-electron chi connectivity index (χ2n) is 9.96. The summed E-state index contributed by atoms with van der Waals surface area (Å²) >= 11 is 0. The van der Waals surface area contributed by atoms with Crippen molar-refractivity contribution in [1.82, 2.24) is 4.90 Å². The lowest BCUT2D eigenvalue weighted by Gasteiger charge is -2.37. The number of nitrogens with one attached hydrogen (secondary N) is 1. The number of benzene rings is 2. The van der Waals surface area contributed by atoms with Gasteiger partial charge in [-0.25, -0.2) is 0 Å². The van der Waals surface area contributed by atoms with Crippen molar-refractivity contribution in [2.24, 2.45) is 35.5 Å². The fourth-order valence-corrected chi connectivity index (χ4v) is 6.55. The maximum absolute atomic E-state index is 13.8. The van der Waals surface area contributed by atoms with E-state index in [1.54, 1.807) is 25.3 Å². The average molecular weight is 473 g/mol. The molecule has 1 saturated heterocycles. The molecule has 2 saturated carbocycles. The molecule has 0 spiro atoms. The van der Waals surface area contributed by atoms with Crippen molar-refractivity contribution in [2.45, 2.75) is 18.9 Å². The number of carbonyl (C=O) groups is 3. The smallest absolute Gasteiger partial charge is 0.248 e. The highest BCUT2D eigenvalue weighted by molar-refractivity contribution is 6.11. The number of imide groups is 1. The molecular formula is C28H28N2O5. The molecule has 2 bridgehead atoms.